The Hall–Kier alpha value is -1.39. The van der Waals surface area contributed by atoms with Gasteiger partial charge in [0.2, 0.25) is 5.91 Å². The van der Waals surface area contributed by atoms with E-state index in [0.29, 0.717) is 19.5 Å². The molecule has 1 aromatic carbocycles. The Morgan fingerprint density at radius 2 is 1.85 bits per heavy atom. The minimum absolute atomic E-state index is 0.0202. The van der Waals surface area contributed by atoms with Crippen molar-refractivity contribution in [2.45, 2.75) is 40.2 Å². The molecule has 1 rings (SSSR count). The van der Waals surface area contributed by atoms with E-state index in [0.717, 1.165) is 16.8 Å². The average Bonchev–Trinajstić information content (AvgIpc) is 2.31. The summed E-state index contributed by atoms with van der Waals surface area (Å²) in [7, 11) is 1.89. The van der Waals surface area contributed by atoms with Gasteiger partial charge >= 0.3 is 0 Å². The summed E-state index contributed by atoms with van der Waals surface area (Å²) in [4.78, 5) is 14.0. The number of carbonyl (C=O) groups is 1. The summed E-state index contributed by atoms with van der Waals surface area (Å²) >= 11 is 0. The predicted molar refractivity (Wildman–Crippen MR) is 83.1 cm³/mol. The number of aliphatic hydroxyl groups excluding tert-OH is 1. The Morgan fingerprint density at radius 3 is 2.35 bits per heavy atom. The van der Waals surface area contributed by atoms with Crippen LogP contribution < -0.4 is 5.32 Å². The zero-order chi connectivity index (χ0) is 15.3. The monoisotopic (exact) mass is 278 g/mol. The molecule has 0 heterocycles. The number of nitrogens with one attached hydrogen (secondary N) is 1. The Morgan fingerprint density at radius 1 is 1.30 bits per heavy atom. The van der Waals surface area contributed by atoms with Crippen LogP contribution in [0.4, 0.5) is 5.69 Å². The third kappa shape index (κ3) is 5.31. The van der Waals surface area contributed by atoms with Crippen molar-refractivity contribution in [2.24, 2.45) is 0 Å². The first kappa shape index (κ1) is 16.7. The second-order valence-electron chi connectivity index (χ2n) is 5.70. The summed E-state index contributed by atoms with van der Waals surface area (Å²) in [5.41, 5.74) is 4.28. The van der Waals surface area contributed by atoms with Crippen molar-refractivity contribution in [1.82, 2.24) is 4.90 Å². The van der Waals surface area contributed by atoms with Gasteiger partial charge in [-0.15, -0.1) is 0 Å². The van der Waals surface area contributed by atoms with Gasteiger partial charge in [-0.25, -0.2) is 0 Å². The second-order valence-corrected chi connectivity index (χ2v) is 5.70. The third-order valence-corrected chi connectivity index (χ3v) is 3.28. The van der Waals surface area contributed by atoms with Crippen LogP contribution in [0.5, 0.6) is 0 Å². The van der Waals surface area contributed by atoms with E-state index in [1.807, 2.05) is 25.8 Å². The van der Waals surface area contributed by atoms with Crippen LogP contribution in [-0.2, 0) is 4.79 Å². The van der Waals surface area contributed by atoms with Crippen molar-refractivity contribution in [3.8, 4) is 0 Å². The van der Waals surface area contributed by atoms with E-state index in [1.54, 1.807) is 6.92 Å². The SMILES string of the molecule is Cc1cc(C)c(NC(=O)CN(C)CCC(C)O)c(C)c1. The van der Waals surface area contributed by atoms with Gasteiger partial charge in [0.15, 0.2) is 0 Å². The topological polar surface area (TPSA) is 52.6 Å². The number of anilines is 1. The highest BCUT2D eigenvalue weighted by Crippen LogP contribution is 2.21. The molecule has 0 saturated heterocycles. The number of aryl methyl sites for hydroxylation is 3. The van der Waals surface area contributed by atoms with E-state index < -0.39 is 0 Å². The van der Waals surface area contributed by atoms with E-state index in [-0.39, 0.29) is 12.0 Å². The lowest BCUT2D eigenvalue weighted by atomic mass is 10.1. The first-order valence-corrected chi connectivity index (χ1v) is 7.04. The van der Waals surface area contributed by atoms with Crippen LogP contribution in [0.2, 0.25) is 0 Å². The molecule has 0 aliphatic rings. The van der Waals surface area contributed by atoms with Gasteiger partial charge in [-0.05, 0) is 52.3 Å². The van der Waals surface area contributed by atoms with Crippen LogP contribution in [0.3, 0.4) is 0 Å². The quantitative estimate of drug-likeness (QED) is 0.839. The second kappa shape index (κ2) is 7.41. The van der Waals surface area contributed by atoms with Crippen molar-refractivity contribution in [3.63, 3.8) is 0 Å². The molecule has 4 nitrogen and oxygen atoms in total. The number of nitrogens with zero attached hydrogens (tertiary/aromatic N) is 1. The normalized spacial score (nSPS) is 12.6. The number of carbonyl (C=O) groups excluding carboxylic acids is 1. The van der Waals surface area contributed by atoms with Gasteiger partial charge < -0.3 is 10.4 Å². The van der Waals surface area contributed by atoms with Crippen molar-refractivity contribution >= 4 is 11.6 Å². The number of rotatable bonds is 6. The van der Waals surface area contributed by atoms with E-state index in [4.69, 9.17) is 0 Å². The highest BCUT2D eigenvalue weighted by Gasteiger charge is 2.11. The Balaban J connectivity index is 2.59. The summed E-state index contributed by atoms with van der Waals surface area (Å²) in [6, 6.07) is 4.14. The smallest absolute Gasteiger partial charge is 0.238 e. The molecule has 0 spiro atoms. The molecule has 0 bridgehead atoms. The predicted octanol–water partition coefficient (Wildman–Crippen LogP) is 2.25. The molecule has 2 N–H and O–H groups in total. The van der Waals surface area contributed by atoms with Crippen LogP contribution in [-0.4, -0.2) is 42.2 Å². The molecule has 4 heteroatoms. The molecule has 112 valence electrons. The van der Waals surface area contributed by atoms with Crippen LogP contribution in [0.1, 0.15) is 30.0 Å². The van der Waals surface area contributed by atoms with Crippen molar-refractivity contribution < 1.29 is 9.90 Å². The molecule has 0 radical (unpaired) electrons. The molecule has 20 heavy (non-hydrogen) atoms. The van der Waals surface area contributed by atoms with Gasteiger partial charge in [0, 0.05) is 12.2 Å². The highest BCUT2D eigenvalue weighted by atomic mass is 16.3. The third-order valence-electron chi connectivity index (χ3n) is 3.28. The summed E-state index contributed by atoms with van der Waals surface area (Å²) in [5.74, 6) is -0.0202. The number of amides is 1. The lowest BCUT2D eigenvalue weighted by Crippen LogP contribution is -2.32. The molecule has 0 aromatic heterocycles. The minimum Gasteiger partial charge on any atom is -0.393 e. The number of hydrogen-bond donors (Lipinski definition) is 2. The van der Waals surface area contributed by atoms with E-state index in [9.17, 15) is 9.90 Å². The Bertz CT molecular complexity index is 447. The number of hydrogen-bond acceptors (Lipinski definition) is 3. The molecule has 0 aliphatic carbocycles. The van der Waals surface area contributed by atoms with Crippen molar-refractivity contribution in [2.75, 3.05) is 25.5 Å². The van der Waals surface area contributed by atoms with Crippen LogP contribution in [0, 0.1) is 20.8 Å². The number of likely N-dealkylation sites (N-methyl/N-ethyl adjacent to an activating group) is 1. The Labute approximate surface area is 121 Å². The van der Waals surface area contributed by atoms with Crippen molar-refractivity contribution in [3.05, 3.63) is 28.8 Å². The van der Waals surface area contributed by atoms with Crippen LogP contribution >= 0.6 is 0 Å². The summed E-state index contributed by atoms with van der Waals surface area (Å²) in [6.07, 6.45) is 0.342. The fraction of sp³-hybridized carbons (Fsp3) is 0.562. The van der Waals surface area contributed by atoms with E-state index in [2.05, 4.69) is 24.4 Å². The maximum absolute atomic E-state index is 12.0. The molecule has 1 aromatic rings. The zero-order valence-electron chi connectivity index (χ0n) is 13.2. The van der Waals surface area contributed by atoms with Gasteiger partial charge in [0.25, 0.3) is 0 Å². The van der Waals surface area contributed by atoms with E-state index >= 15 is 0 Å². The van der Waals surface area contributed by atoms with Gasteiger partial charge in [-0.2, -0.15) is 0 Å². The zero-order valence-corrected chi connectivity index (χ0v) is 13.2. The summed E-state index contributed by atoms with van der Waals surface area (Å²) in [5, 5.41) is 12.2. The first-order valence-electron chi connectivity index (χ1n) is 7.04. The molecule has 1 atom stereocenters. The molecular formula is C16H26N2O2. The van der Waals surface area contributed by atoms with Gasteiger partial charge in [-0.3, -0.25) is 9.69 Å². The maximum atomic E-state index is 12.0. The molecule has 1 unspecified atom stereocenters. The minimum atomic E-state index is -0.331. The lowest BCUT2D eigenvalue weighted by molar-refractivity contribution is -0.117. The fourth-order valence-electron chi connectivity index (χ4n) is 2.29. The summed E-state index contributed by atoms with van der Waals surface area (Å²) < 4.78 is 0. The molecule has 0 fully saturated rings. The Kier molecular flexibility index (Phi) is 6.17. The average molecular weight is 278 g/mol. The molecule has 0 saturated carbocycles. The number of benzene rings is 1. The van der Waals surface area contributed by atoms with Crippen molar-refractivity contribution in [1.29, 1.82) is 0 Å². The van der Waals surface area contributed by atoms with Gasteiger partial charge in [0.1, 0.15) is 0 Å². The maximum Gasteiger partial charge on any atom is 0.238 e. The standard InChI is InChI=1S/C16H26N2O2/c1-11-8-12(2)16(13(3)9-11)17-15(20)10-18(5)7-6-14(4)19/h8-9,14,19H,6-7,10H2,1-5H3,(H,17,20). The fourth-order valence-corrected chi connectivity index (χ4v) is 2.29. The number of aliphatic hydroxyl groups is 1. The largest absolute Gasteiger partial charge is 0.393 e. The lowest BCUT2D eigenvalue weighted by Gasteiger charge is -2.18. The molecule has 1 amide bonds. The molecular weight excluding hydrogens is 252 g/mol. The van der Waals surface area contributed by atoms with Gasteiger partial charge in [0.05, 0.1) is 12.6 Å². The van der Waals surface area contributed by atoms with Crippen LogP contribution in [0.25, 0.3) is 0 Å². The van der Waals surface area contributed by atoms with E-state index in [1.165, 1.54) is 5.56 Å². The van der Waals surface area contributed by atoms with Gasteiger partial charge in [-0.1, -0.05) is 17.7 Å². The summed E-state index contributed by atoms with van der Waals surface area (Å²) in [6.45, 7) is 8.86. The molecule has 0 aliphatic heterocycles. The van der Waals surface area contributed by atoms with Crippen LogP contribution in [0.15, 0.2) is 12.1 Å². The first-order chi connectivity index (χ1) is 9.29. The highest BCUT2D eigenvalue weighted by molar-refractivity contribution is 5.93.